The van der Waals surface area contributed by atoms with Gasteiger partial charge in [0, 0.05) is 6.61 Å². The van der Waals surface area contributed by atoms with Crippen LogP contribution >= 0.6 is 0 Å². The molecule has 30 heavy (non-hydrogen) atoms. The zero-order valence-corrected chi connectivity index (χ0v) is 20.7. The highest BCUT2D eigenvalue weighted by Crippen LogP contribution is 2.13. The molecule has 0 aliphatic carbocycles. The molecule has 0 rings (SSSR count). The van der Waals surface area contributed by atoms with E-state index in [1.54, 1.807) is 0 Å². The second-order valence-corrected chi connectivity index (χ2v) is 8.93. The number of aliphatic hydroxyl groups is 1. The lowest BCUT2D eigenvalue weighted by molar-refractivity contribution is -0.0733. The maximum atomic E-state index is 8.70. The first-order valence-electron chi connectivity index (χ1n) is 13.1. The van der Waals surface area contributed by atoms with Gasteiger partial charge in [0.25, 0.3) is 0 Å². The fourth-order valence-corrected chi connectivity index (χ4v) is 3.79. The molecule has 4 nitrogen and oxygen atoms in total. The third-order valence-corrected chi connectivity index (χ3v) is 5.55. The minimum atomic E-state index is 0.0331. The SMILES string of the molecule is CCCCCCCCCCCCCCCCCCOCC(C)OC(C)COCCO. The lowest BCUT2D eigenvalue weighted by Gasteiger charge is -2.19. The van der Waals surface area contributed by atoms with Crippen molar-refractivity contribution in [2.75, 3.05) is 33.0 Å². The first-order valence-corrected chi connectivity index (χ1v) is 13.1. The van der Waals surface area contributed by atoms with Crippen molar-refractivity contribution in [3.63, 3.8) is 0 Å². The summed E-state index contributed by atoms with van der Waals surface area (Å²) in [6.07, 6.45) is 22.4. The molecule has 0 radical (unpaired) electrons. The van der Waals surface area contributed by atoms with Crippen molar-refractivity contribution in [2.45, 2.75) is 136 Å². The Balaban J connectivity index is 3.17. The van der Waals surface area contributed by atoms with Crippen molar-refractivity contribution < 1.29 is 19.3 Å². The molecule has 0 aliphatic rings. The third kappa shape index (κ3) is 24.1. The van der Waals surface area contributed by atoms with Crippen LogP contribution in [0.2, 0.25) is 0 Å². The normalized spacial score (nSPS) is 13.6. The lowest BCUT2D eigenvalue weighted by Crippen LogP contribution is -2.26. The summed E-state index contributed by atoms with van der Waals surface area (Å²) in [5, 5.41) is 8.70. The van der Waals surface area contributed by atoms with Gasteiger partial charge in [-0.15, -0.1) is 0 Å². The molecule has 0 spiro atoms. The fraction of sp³-hybridized carbons (Fsp3) is 1.00. The van der Waals surface area contributed by atoms with E-state index < -0.39 is 0 Å². The Labute approximate surface area is 188 Å². The number of aliphatic hydroxyl groups excluding tert-OH is 1. The first kappa shape index (κ1) is 29.8. The van der Waals surface area contributed by atoms with Crippen LogP contribution in [0.3, 0.4) is 0 Å². The Hall–Kier alpha value is -0.160. The molecule has 2 atom stereocenters. The van der Waals surface area contributed by atoms with Crippen molar-refractivity contribution in [3.8, 4) is 0 Å². The number of unbranched alkanes of at least 4 members (excludes halogenated alkanes) is 15. The molecule has 4 heteroatoms. The molecule has 0 heterocycles. The van der Waals surface area contributed by atoms with Gasteiger partial charge in [0.15, 0.2) is 0 Å². The van der Waals surface area contributed by atoms with Crippen molar-refractivity contribution in [2.24, 2.45) is 0 Å². The van der Waals surface area contributed by atoms with Crippen molar-refractivity contribution in [3.05, 3.63) is 0 Å². The van der Waals surface area contributed by atoms with Crippen LogP contribution in [-0.2, 0) is 14.2 Å². The van der Waals surface area contributed by atoms with Gasteiger partial charge in [0.2, 0.25) is 0 Å². The molecule has 0 amide bonds. The number of ether oxygens (including phenoxy) is 3. The average Bonchev–Trinajstić information content (AvgIpc) is 2.73. The Bertz CT molecular complexity index is 311. The smallest absolute Gasteiger partial charge is 0.0785 e. The highest BCUT2D eigenvalue weighted by Gasteiger charge is 2.09. The van der Waals surface area contributed by atoms with Gasteiger partial charge in [-0.3, -0.25) is 0 Å². The minimum Gasteiger partial charge on any atom is -0.394 e. The van der Waals surface area contributed by atoms with Crippen molar-refractivity contribution in [1.29, 1.82) is 0 Å². The van der Waals surface area contributed by atoms with Crippen LogP contribution in [0.5, 0.6) is 0 Å². The molecule has 2 unspecified atom stereocenters. The molecule has 182 valence electrons. The molecular weight excluding hydrogens is 376 g/mol. The molecule has 0 bridgehead atoms. The Morgan fingerprint density at radius 3 is 1.30 bits per heavy atom. The molecule has 0 aromatic heterocycles. The number of rotatable bonds is 25. The van der Waals surface area contributed by atoms with Crippen LogP contribution in [0.25, 0.3) is 0 Å². The topological polar surface area (TPSA) is 47.9 Å². The monoisotopic (exact) mass is 430 g/mol. The zero-order valence-electron chi connectivity index (χ0n) is 20.7. The van der Waals surface area contributed by atoms with Gasteiger partial charge in [-0.25, -0.2) is 0 Å². The third-order valence-electron chi connectivity index (χ3n) is 5.55. The maximum absolute atomic E-state index is 8.70. The summed E-state index contributed by atoms with van der Waals surface area (Å²) in [7, 11) is 0. The summed E-state index contributed by atoms with van der Waals surface area (Å²) in [4.78, 5) is 0. The Morgan fingerprint density at radius 1 is 0.533 bits per heavy atom. The van der Waals surface area contributed by atoms with Gasteiger partial charge in [0.1, 0.15) is 0 Å². The van der Waals surface area contributed by atoms with E-state index >= 15 is 0 Å². The highest BCUT2D eigenvalue weighted by atomic mass is 16.6. The largest absolute Gasteiger partial charge is 0.394 e. The van der Waals surface area contributed by atoms with Crippen LogP contribution < -0.4 is 0 Å². The Kier molecular flexibility index (Phi) is 25.0. The molecular formula is C26H54O4. The molecule has 0 aromatic rings. The van der Waals surface area contributed by atoms with E-state index in [0.717, 1.165) is 13.0 Å². The summed E-state index contributed by atoms with van der Waals surface area (Å²) in [6, 6.07) is 0. The van der Waals surface area contributed by atoms with E-state index in [-0.39, 0.29) is 18.8 Å². The van der Waals surface area contributed by atoms with Gasteiger partial charge >= 0.3 is 0 Å². The van der Waals surface area contributed by atoms with E-state index in [1.807, 2.05) is 13.8 Å². The van der Waals surface area contributed by atoms with E-state index in [2.05, 4.69) is 6.92 Å². The van der Waals surface area contributed by atoms with E-state index in [0.29, 0.717) is 19.8 Å². The van der Waals surface area contributed by atoms with Gasteiger partial charge in [0.05, 0.1) is 38.6 Å². The molecule has 1 N–H and O–H groups in total. The lowest BCUT2D eigenvalue weighted by atomic mass is 10.0. The van der Waals surface area contributed by atoms with Crippen molar-refractivity contribution >= 4 is 0 Å². The first-order chi connectivity index (χ1) is 14.7. The van der Waals surface area contributed by atoms with Crippen LogP contribution in [-0.4, -0.2) is 50.3 Å². The predicted molar refractivity (Wildman–Crippen MR) is 128 cm³/mol. The van der Waals surface area contributed by atoms with Crippen molar-refractivity contribution in [1.82, 2.24) is 0 Å². The van der Waals surface area contributed by atoms with Gasteiger partial charge in [-0.2, -0.15) is 0 Å². The van der Waals surface area contributed by atoms with Crippen LogP contribution in [0.4, 0.5) is 0 Å². The summed E-state index contributed by atoms with van der Waals surface area (Å²) in [5.41, 5.74) is 0. The molecule has 0 aromatic carbocycles. The summed E-state index contributed by atoms with van der Waals surface area (Å²) in [5.74, 6) is 0. The van der Waals surface area contributed by atoms with Gasteiger partial charge in [-0.1, -0.05) is 103 Å². The summed E-state index contributed by atoms with van der Waals surface area (Å²) < 4.78 is 16.8. The van der Waals surface area contributed by atoms with E-state index in [9.17, 15) is 0 Å². The van der Waals surface area contributed by atoms with Gasteiger partial charge < -0.3 is 19.3 Å². The zero-order chi connectivity index (χ0) is 22.1. The molecule has 0 fully saturated rings. The van der Waals surface area contributed by atoms with Crippen LogP contribution in [0.15, 0.2) is 0 Å². The molecule has 0 saturated carbocycles. The molecule has 0 aliphatic heterocycles. The van der Waals surface area contributed by atoms with Crippen LogP contribution in [0, 0.1) is 0 Å². The molecule has 0 saturated heterocycles. The quantitative estimate of drug-likeness (QED) is 0.157. The van der Waals surface area contributed by atoms with E-state index in [4.69, 9.17) is 19.3 Å². The summed E-state index contributed by atoms with van der Waals surface area (Å²) in [6.45, 7) is 8.74. The minimum absolute atomic E-state index is 0.0331. The second kappa shape index (κ2) is 25.1. The van der Waals surface area contributed by atoms with E-state index in [1.165, 1.54) is 96.3 Å². The summed E-state index contributed by atoms with van der Waals surface area (Å²) >= 11 is 0. The number of hydrogen-bond donors (Lipinski definition) is 1. The fourth-order valence-electron chi connectivity index (χ4n) is 3.79. The predicted octanol–water partition coefficient (Wildman–Crippen LogP) is 7.07. The second-order valence-electron chi connectivity index (χ2n) is 8.93. The van der Waals surface area contributed by atoms with Crippen LogP contribution in [0.1, 0.15) is 124 Å². The van der Waals surface area contributed by atoms with Gasteiger partial charge in [-0.05, 0) is 20.3 Å². The highest BCUT2D eigenvalue weighted by molar-refractivity contribution is 4.55. The Morgan fingerprint density at radius 2 is 0.900 bits per heavy atom. The maximum Gasteiger partial charge on any atom is 0.0785 e. The standard InChI is InChI=1S/C26H54O4/c1-4-5-6-7-8-9-10-11-12-13-14-15-16-17-18-19-21-28-23-25(2)30-26(3)24-29-22-20-27/h25-27H,4-24H2,1-3H3. The average molecular weight is 431 g/mol. The number of hydrogen-bond acceptors (Lipinski definition) is 4.